The van der Waals surface area contributed by atoms with E-state index in [1.165, 1.54) is 30.4 Å². The van der Waals surface area contributed by atoms with Gasteiger partial charge in [0.15, 0.2) is 0 Å². The molecule has 0 radical (unpaired) electrons. The van der Waals surface area contributed by atoms with Gasteiger partial charge in [0.05, 0.1) is 0 Å². The van der Waals surface area contributed by atoms with E-state index in [-0.39, 0.29) is 5.41 Å². The fourth-order valence-corrected chi connectivity index (χ4v) is 4.32. The molecule has 2 aliphatic rings. The molecule has 2 atom stereocenters. The molecule has 0 saturated heterocycles. The normalized spacial score (nSPS) is 30.4. The quantitative estimate of drug-likeness (QED) is 0.796. The predicted octanol–water partition coefficient (Wildman–Crippen LogP) is 5.13. The van der Waals surface area contributed by atoms with Gasteiger partial charge in [0, 0.05) is 17.1 Å². The van der Waals surface area contributed by atoms with Crippen molar-refractivity contribution < 1.29 is 0 Å². The Balaban J connectivity index is 1.84. The van der Waals surface area contributed by atoms with Gasteiger partial charge in [0.25, 0.3) is 0 Å². The van der Waals surface area contributed by atoms with Crippen molar-refractivity contribution in [2.45, 2.75) is 65.5 Å². The van der Waals surface area contributed by atoms with Crippen LogP contribution in [0.5, 0.6) is 0 Å². The lowest BCUT2D eigenvalue weighted by atomic mass is 9.84. The molecular weight excluding hydrogens is 266 g/mol. The van der Waals surface area contributed by atoms with Gasteiger partial charge in [-0.1, -0.05) is 45.4 Å². The maximum Gasteiger partial charge on any atom is 0.0409 e. The van der Waals surface area contributed by atoms with E-state index in [4.69, 9.17) is 11.6 Å². The van der Waals surface area contributed by atoms with Crippen LogP contribution in [0.3, 0.4) is 0 Å². The minimum absolute atomic E-state index is 0.278. The maximum atomic E-state index is 6.22. The van der Waals surface area contributed by atoms with Crippen molar-refractivity contribution in [3.63, 3.8) is 0 Å². The molecule has 3 rings (SSSR count). The third-order valence-electron chi connectivity index (χ3n) is 5.22. The van der Waals surface area contributed by atoms with Crippen molar-refractivity contribution in [1.29, 1.82) is 0 Å². The number of hydrogen-bond acceptors (Lipinski definition) is 1. The minimum Gasteiger partial charge on any atom is -0.307 e. The van der Waals surface area contributed by atoms with E-state index >= 15 is 0 Å². The Morgan fingerprint density at radius 2 is 1.95 bits per heavy atom. The lowest BCUT2D eigenvalue weighted by molar-refractivity contribution is 0.241. The molecule has 1 saturated carbocycles. The summed E-state index contributed by atoms with van der Waals surface area (Å²) in [5.74, 6) is 0. The maximum absolute atomic E-state index is 6.22. The zero-order valence-corrected chi connectivity index (χ0v) is 13.8. The van der Waals surface area contributed by atoms with Gasteiger partial charge in [-0.15, -0.1) is 0 Å². The molecule has 20 heavy (non-hydrogen) atoms. The second-order valence-electron chi connectivity index (χ2n) is 8.21. The van der Waals surface area contributed by atoms with Gasteiger partial charge in [-0.05, 0) is 59.8 Å². The molecule has 1 aromatic carbocycles. The molecule has 0 heterocycles. The van der Waals surface area contributed by atoms with E-state index in [0.29, 0.717) is 17.5 Å². The zero-order valence-electron chi connectivity index (χ0n) is 13.1. The highest BCUT2D eigenvalue weighted by molar-refractivity contribution is 6.30. The molecule has 2 heteroatoms. The first-order valence-corrected chi connectivity index (χ1v) is 8.19. The van der Waals surface area contributed by atoms with Crippen LogP contribution in [0.1, 0.15) is 64.1 Å². The van der Waals surface area contributed by atoms with E-state index in [1.807, 2.05) is 6.07 Å². The summed E-state index contributed by atoms with van der Waals surface area (Å²) in [5.41, 5.74) is 3.67. The molecule has 0 aromatic heterocycles. The van der Waals surface area contributed by atoms with Gasteiger partial charge in [-0.2, -0.15) is 0 Å². The number of halogens is 1. The molecule has 0 amide bonds. The Labute approximate surface area is 128 Å². The van der Waals surface area contributed by atoms with E-state index in [1.54, 1.807) is 0 Å². The topological polar surface area (TPSA) is 12.0 Å². The summed E-state index contributed by atoms with van der Waals surface area (Å²) in [7, 11) is 0. The summed E-state index contributed by atoms with van der Waals surface area (Å²) in [6, 6.07) is 7.50. The van der Waals surface area contributed by atoms with Crippen LogP contribution in [-0.4, -0.2) is 6.04 Å². The van der Waals surface area contributed by atoms with Crippen LogP contribution in [-0.2, 0) is 6.42 Å². The van der Waals surface area contributed by atoms with Crippen molar-refractivity contribution in [2.75, 3.05) is 0 Å². The van der Waals surface area contributed by atoms with Gasteiger partial charge >= 0.3 is 0 Å². The van der Waals surface area contributed by atoms with Crippen LogP contribution in [0.4, 0.5) is 0 Å². The van der Waals surface area contributed by atoms with Crippen LogP contribution in [0.2, 0.25) is 5.02 Å². The minimum atomic E-state index is 0.278. The van der Waals surface area contributed by atoms with Gasteiger partial charge in [0.1, 0.15) is 0 Å². The molecule has 0 aliphatic heterocycles. The van der Waals surface area contributed by atoms with Crippen molar-refractivity contribution in [2.24, 2.45) is 10.8 Å². The number of benzene rings is 1. The molecule has 2 unspecified atom stereocenters. The predicted molar refractivity (Wildman–Crippen MR) is 86.2 cm³/mol. The van der Waals surface area contributed by atoms with E-state index in [0.717, 1.165) is 11.4 Å². The van der Waals surface area contributed by atoms with Crippen molar-refractivity contribution in [3.8, 4) is 0 Å². The first kappa shape index (κ1) is 14.4. The number of rotatable bonds is 2. The number of fused-ring (bicyclic) bond motifs is 1. The molecule has 1 fully saturated rings. The standard InChI is InChI=1S/C18H26ClN/c1-17(2)8-7-14(11-17)20-16-15-9-13(19)6-5-12(15)10-18(16,3)4/h5-6,9,14,16,20H,7-8,10-11H2,1-4H3. The Hall–Kier alpha value is -0.530. The highest BCUT2D eigenvalue weighted by Gasteiger charge is 2.41. The Kier molecular flexibility index (Phi) is 3.42. The van der Waals surface area contributed by atoms with Crippen LogP contribution < -0.4 is 5.32 Å². The number of hydrogen-bond donors (Lipinski definition) is 1. The average Bonchev–Trinajstić information content (AvgIpc) is 2.78. The van der Waals surface area contributed by atoms with Crippen LogP contribution in [0.15, 0.2) is 18.2 Å². The summed E-state index contributed by atoms with van der Waals surface area (Å²) < 4.78 is 0. The Morgan fingerprint density at radius 1 is 1.20 bits per heavy atom. The van der Waals surface area contributed by atoms with Crippen LogP contribution >= 0.6 is 11.6 Å². The van der Waals surface area contributed by atoms with E-state index < -0.39 is 0 Å². The van der Waals surface area contributed by atoms with Gasteiger partial charge in [0.2, 0.25) is 0 Å². The summed E-state index contributed by atoms with van der Waals surface area (Å²) >= 11 is 6.22. The number of nitrogens with one attached hydrogen (secondary N) is 1. The lowest BCUT2D eigenvalue weighted by Gasteiger charge is -2.32. The Bertz CT molecular complexity index is 518. The van der Waals surface area contributed by atoms with Gasteiger partial charge in [-0.25, -0.2) is 0 Å². The molecule has 1 nitrogen and oxygen atoms in total. The molecule has 1 aromatic rings. The largest absolute Gasteiger partial charge is 0.307 e. The van der Waals surface area contributed by atoms with Crippen LogP contribution in [0.25, 0.3) is 0 Å². The molecule has 1 N–H and O–H groups in total. The summed E-state index contributed by atoms with van der Waals surface area (Å²) in [6.07, 6.45) is 5.07. The van der Waals surface area contributed by atoms with Crippen molar-refractivity contribution in [3.05, 3.63) is 34.3 Å². The molecular formula is C18H26ClN. The zero-order chi connectivity index (χ0) is 14.5. The second kappa shape index (κ2) is 4.74. The van der Waals surface area contributed by atoms with Crippen LogP contribution in [0, 0.1) is 10.8 Å². The SMILES string of the molecule is CC1(C)CCC(NC2c3cc(Cl)ccc3CC2(C)C)C1. The second-order valence-corrected chi connectivity index (χ2v) is 8.65. The fourth-order valence-electron chi connectivity index (χ4n) is 4.14. The third kappa shape index (κ3) is 2.63. The van der Waals surface area contributed by atoms with Gasteiger partial charge < -0.3 is 5.32 Å². The third-order valence-corrected chi connectivity index (χ3v) is 5.45. The van der Waals surface area contributed by atoms with E-state index in [2.05, 4.69) is 45.1 Å². The molecule has 0 bridgehead atoms. The van der Waals surface area contributed by atoms with E-state index in [9.17, 15) is 0 Å². The first-order chi connectivity index (χ1) is 9.27. The van der Waals surface area contributed by atoms with Gasteiger partial charge in [-0.3, -0.25) is 0 Å². The smallest absolute Gasteiger partial charge is 0.0409 e. The summed E-state index contributed by atoms with van der Waals surface area (Å²) in [4.78, 5) is 0. The average molecular weight is 292 g/mol. The highest BCUT2D eigenvalue weighted by Crippen LogP contribution is 2.47. The highest BCUT2D eigenvalue weighted by atomic mass is 35.5. The Morgan fingerprint density at radius 3 is 2.60 bits per heavy atom. The lowest BCUT2D eigenvalue weighted by Crippen LogP contribution is -2.37. The molecule has 0 spiro atoms. The molecule has 110 valence electrons. The summed E-state index contributed by atoms with van der Waals surface area (Å²) in [6.45, 7) is 9.52. The van der Waals surface area contributed by atoms with Crippen molar-refractivity contribution >= 4 is 11.6 Å². The molecule has 2 aliphatic carbocycles. The fraction of sp³-hybridized carbons (Fsp3) is 0.667. The van der Waals surface area contributed by atoms with Crippen molar-refractivity contribution in [1.82, 2.24) is 5.32 Å². The first-order valence-electron chi connectivity index (χ1n) is 7.81. The summed E-state index contributed by atoms with van der Waals surface area (Å²) in [5, 5.41) is 4.81. The monoisotopic (exact) mass is 291 g/mol.